The molecule has 5 N–H and O–H groups in total. The summed E-state index contributed by atoms with van der Waals surface area (Å²) in [4.78, 5) is 27.2. The first-order chi connectivity index (χ1) is 22.0. The number of nitrogens with zero attached hydrogens (tertiary/aromatic N) is 4. The molecule has 1 aliphatic carbocycles. The summed E-state index contributed by atoms with van der Waals surface area (Å²) in [5.74, 6) is 0.320. The molecule has 0 radical (unpaired) electrons. The van der Waals surface area contributed by atoms with Crippen molar-refractivity contribution in [3.05, 3.63) is 77.9 Å². The summed E-state index contributed by atoms with van der Waals surface area (Å²) in [6, 6.07) is 19.0. The topological polar surface area (TPSA) is 176 Å². The lowest BCUT2D eigenvalue weighted by atomic mass is 9.81. The van der Waals surface area contributed by atoms with Crippen molar-refractivity contribution in [2.75, 3.05) is 26.0 Å². The smallest absolute Gasteiger partial charge is 0.247 e. The molecule has 0 bridgehead atoms. The summed E-state index contributed by atoms with van der Waals surface area (Å²) >= 11 is 0. The maximum absolute atomic E-state index is 13.6. The Kier molecular flexibility index (Phi) is 11.9. The Balaban J connectivity index is 0.00000500. The molecule has 1 atom stereocenters. The molecule has 1 heterocycles. The van der Waals surface area contributed by atoms with Crippen LogP contribution in [0, 0.1) is 18.8 Å². The van der Waals surface area contributed by atoms with Crippen molar-refractivity contribution in [1.29, 1.82) is 0 Å². The number of aryl methyl sites for hydroxylation is 1. The van der Waals surface area contributed by atoms with E-state index >= 15 is 0 Å². The SMILES string of the molecule is Cc1ccc(S(=O)(=O)N(C)C)cc1-c1ccc(C[C@H](NC(=O)[C@H]2CC[C@H](CN)CC2)C(=O)Nc2ccc(-c3nnn[nH]3)cc2)cc1.Cl. The van der Waals surface area contributed by atoms with Crippen molar-refractivity contribution in [1.82, 2.24) is 30.2 Å². The van der Waals surface area contributed by atoms with Gasteiger partial charge in [0.1, 0.15) is 6.04 Å². The second-order valence-corrected chi connectivity index (χ2v) is 14.1. The molecular formula is C33H41ClN8O4S. The highest BCUT2D eigenvalue weighted by molar-refractivity contribution is 7.89. The van der Waals surface area contributed by atoms with Gasteiger partial charge < -0.3 is 16.4 Å². The molecule has 0 saturated heterocycles. The quantitative estimate of drug-likeness (QED) is 0.184. The lowest BCUT2D eigenvalue weighted by Gasteiger charge is -2.28. The van der Waals surface area contributed by atoms with Gasteiger partial charge in [-0.05, 0) is 114 Å². The number of hydrogen-bond donors (Lipinski definition) is 4. The van der Waals surface area contributed by atoms with Gasteiger partial charge in [-0.1, -0.05) is 30.3 Å². The fourth-order valence-corrected chi connectivity index (χ4v) is 6.65. The summed E-state index contributed by atoms with van der Waals surface area (Å²) in [7, 11) is -0.580. The first-order valence-corrected chi connectivity index (χ1v) is 16.8. The minimum absolute atomic E-state index is 0. The van der Waals surface area contributed by atoms with Gasteiger partial charge in [0, 0.05) is 37.7 Å². The van der Waals surface area contributed by atoms with Gasteiger partial charge in [0.25, 0.3) is 0 Å². The largest absolute Gasteiger partial charge is 0.344 e. The second-order valence-electron chi connectivity index (χ2n) is 12.0. The summed E-state index contributed by atoms with van der Waals surface area (Å²) < 4.78 is 26.7. The standard InChI is InChI=1S/C33H40N8O4S.ClH/c1-21-4-17-28(46(44,45)41(2)3)19-29(21)24-9-5-22(6-10-24)18-30(36-32(42)26-11-7-23(20-34)8-12-26)33(43)35-27-15-13-25(14-16-27)31-37-39-40-38-31;/h4-6,9-10,13-17,19,23,26,30H,7-8,11-12,18,20,34H2,1-3H3,(H,35,43)(H,36,42)(H,37,38,39,40);1H/t23-,26-,30-;/m0./s1. The van der Waals surface area contributed by atoms with E-state index in [2.05, 4.69) is 31.3 Å². The number of halogens is 1. The number of carbonyl (C=O) groups excluding carboxylic acids is 2. The third-order valence-corrected chi connectivity index (χ3v) is 10.5. The van der Waals surface area contributed by atoms with Crippen LogP contribution in [0.2, 0.25) is 0 Å². The number of sulfonamides is 1. The Morgan fingerprint density at radius 1 is 0.979 bits per heavy atom. The van der Waals surface area contributed by atoms with Crippen molar-refractivity contribution >= 4 is 39.9 Å². The van der Waals surface area contributed by atoms with Gasteiger partial charge in [-0.25, -0.2) is 17.8 Å². The van der Waals surface area contributed by atoms with Crippen LogP contribution in [-0.4, -0.2) is 71.8 Å². The Labute approximate surface area is 281 Å². The van der Waals surface area contributed by atoms with Crippen molar-refractivity contribution < 1.29 is 18.0 Å². The van der Waals surface area contributed by atoms with Crippen LogP contribution in [0.5, 0.6) is 0 Å². The second kappa shape index (κ2) is 15.6. The number of H-pyrrole nitrogens is 1. The zero-order valence-electron chi connectivity index (χ0n) is 26.6. The number of rotatable bonds is 11. The van der Waals surface area contributed by atoms with E-state index in [1.165, 1.54) is 18.4 Å². The van der Waals surface area contributed by atoms with Gasteiger partial charge in [-0.15, -0.1) is 17.5 Å². The summed E-state index contributed by atoms with van der Waals surface area (Å²) in [6.45, 7) is 2.55. The predicted molar refractivity (Wildman–Crippen MR) is 183 cm³/mol. The van der Waals surface area contributed by atoms with E-state index in [4.69, 9.17) is 5.73 Å². The summed E-state index contributed by atoms with van der Waals surface area (Å²) in [5, 5.41) is 19.8. The Morgan fingerprint density at radius 2 is 1.64 bits per heavy atom. The zero-order chi connectivity index (χ0) is 32.8. The molecule has 47 heavy (non-hydrogen) atoms. The molecule has 3 aromatic carbocycles. The lowest BCUT2D eigenvalue weighted by molar-refractivity contribution is -0.130. The molecule has 250 valence electrons. The minimum Gasteiger partial charge on any atom is -0.344 e. The first kappa shape index (κ1) is 35.7. The van der Waals surface area contributed by atoms with Crippen molar-refractivity contribution in [3.8, 4) is 22.5 Å². The number of hydrogen-bond acceptors (Lipinski definition) is 8. The average Bonchev–Trinajstić information content (AvgIpc) is 3.60. The molecule has 1 saturated carbocycles. The molecule has 0 spiro atoms. The highest BCUT2D eigenvalue weighted by atomic mass is 35.5. The first-order valence-electron chi connectivity index (χ1n) is 15.3. The molecule has 12 nitrogen and oxygen atoms in total. The molecule has 5 rings (SSSR count). The highest BCUT2D eigenvalue weighted by Gasteiger charge is 2.29. The van der Waals surface area contributed by atoms with Crippen LogP contribution >= 0.6 is 12.4 Å². The summed E-state index contributed by atoms with van der Waals surface area (Å²) in [5.41, 5.74) is 10.6. The maximum Gasteiger partial charge on any atom is 0.247 e. The predicted octanol–water partition coefficient (Wildman–Crippen LogP) is 3.95. The molecule has 2 amide bonds. The van der Waals surface area contributed by atoms with E-state index < -0.39 is 16.1 Å². The third-order valence-electron chi connectivity index (χ3n) is 8.65. The van der Waals surface area contributed by atoms with Crippen molar-refractivity contribution in [2.45, 2.75) is 50.0 Å². The van der Waals surface area contributed by atoms with E-state index in [1.807, 2.05) is 31.2 Å². The van der Waals surface area contributed by atoms with Crippen molar-refractivity contribution in [3.63, 3.8) is 0 Å². The van der Waals surface area contributed by atoms with E-state index in [-0.39, 0.29) is 41.5 Å². The third kappa shape index (κ3) is 8.60. The monoisotopic (exact) mass is 680 g/mol. The number of nitrogens with two attached hydrogens (primary N) is 1. The molecule has 0 aliphatic heterocycles. The van der Waals surface area contributed by atoms with Gasteiger partial charge in [0.05, 0.1) is 4.90 Å². The molecule has 1 aliphatic rings. The number of aromatic nitrogens is 4. The fraction of sp³-hybridized carbons (Fsp3) is 0.364. The number of tetrazole rings is 1. The number of anilines is 1. The van der Waals surface area contributed by atoms with Crippen LogP contribution in [0.4, 0.5) is 5.69 Å². The zero-order valence-corrected chi connectivity index (χ0v) is 28.3. The Morgan fingerprint density at radius 3 is 2.23 bits per heavy atom. The molecule has 4 aromatic rings. The van der Waals surface area contributed by atoms with Gasteiger partial charge in [0.2, 0.25) is 21.8 Å². The minimum atomic E-state index is -3.59. The number of benzene rings is 3. The van der Waals surface area contributed by atoms with Gasteiger partial charge in [-0.2, -0.15) is 0 Å². The van der Waals surface area contributed by atoms with Crippen LogP contribution in [0.3, 0.4) is 0 Å². The van der Waals surface area contributed by atoms with Crippen LogP contribution in [-0.2, 0) is 26.0 Å². The summed E-state index contributed by atoms with van der Waals surface area (Å²) in [6.07, 6.45) is 3.56. The number of amides is 2. The highest BCUT2D eigenvalue weighted by Crippen LogP contribution is 2.30. The maximum atomic E-state index is 13.6. The van der Waals surface area contributed by atoms with E-state index in [9.17, 15) is 18.0 Å². The molecular weight excluding hydrogens is 640 g/mol. The van der Waals surface area contributed by atoms with Crippen LogP contribution in [0.15, 0.2) is 71.6 Å². The van der Waals surface area contributed by atoms with Gasteiger partial charge >= 0.3 is 0 Å². The van der Waals surface area contributed by atoms with E-state index in [0.717, 1.165) is 53.5 Å². The van der Waals surface area contributed by atoms with Crippen LogP contribution < -0.4 is 16.4 Å². The normalized spacial score (nSPS) is 17.0. The van der Waals surface area contributed by atoms with E-state index in [1.54, 1.807) is 42.5 Å². The Hall–Kier alpha value is -4.17. The van der Waals surface area contributed by atoms with Gasteiger partial charge in [0.15, 0.2) is 5.82 Å². The molecule has 1 fully saturated rings. The van der Waals surface area contributed by atoms with Crippen molar-refractivity contribution in [2.24, 2.45) is 17.6 Å². The average molecular weight is 681 g/mol. The lowest BCUT2D eigenvalue weighted by Crippen LogP contribution is -2.48. The number of carbonyl (C=O) groups is 2. The Bertz CT molecular complexity index is 1760. The molecule has 1 aromatic heterocycles. The number of nitrogens with one attached hydrogen (secondary N) is 3. The number of aromatic amines is 1. The van der Waals surface area contributed by atoms with Gasteiger partial charge in [-0.3, -0.25) is 9.59 Å². The fourth-order valence-electron chi connectivity index (χ4n) is 5.72. The molecule has 0 unspecified atom stereocenters. The van der Waals surface area contributed by atoms with Crippen LogP contribution in [0.1, 0.15) is 36.8 Å². The molecule has 14 heteroatoms. The van der Waals surface area contributed by atoms with E-state index in [0.29, 0.717) is 24.0 Å². The van der Waals surface area contributed by atoms with Crippen LogP contribution in [0.25, 0.3) is 22.5 Å².